The van der Waals surface area contributed by atoms with Crippen LogP contribution in [0.25, 0.3) is 0 Å². The molecule has 0 spiro atoms. The Labute approximate surface area is 200 Å². The predicted octanol–water partition coefficient (Wildman–Crippen LogP) is 2.40. The van der Waals surface area contributed by atoms with Crippen molar-refractivity contribution in [3.63, 3.8) is 0 Å². The van der Waals surface area contributed by atoms with Gasteiger partial charge in [-0.1, -0.05) is 6.07 Å². The molecule has 2 unspecified atom stereocenters. The van der Waals surface area contributed by atoms with Crippen LogP contribution in [0.15, 0.2) is 22.5 Å². The van der Waals surface area contributed by atoms with E-state index in [1.165, 1.54) is 30.8 Å². The van der Waals surface area contributed by atoms with Gasteiger partial charge in [0.15, 0.2) is 5.96 Å². The molecular formula is C21H34IN5O2S. The third kappa shape index (κ3) is 5.66. The van der Waals surface area contributed by atoms with E-state index in [-0.39, 0.29) is 36.0 Å². The van der Waals surface area contributed by atoms with Crippen LogP contribution in [0.5, 0.6) is 0 Å². The molecule has 1 amide bonds. The Hall–Kier alpha value is -0.910. The molecule has 0 radical (unpaired) electrons. The van der Waals surface area contributed by atoms with Crippen molar-refractivity contribution in [1.82, 2.24) is 20.0 Å². The van der Waals surface area contributed by atoms with E-state index in [9.17, 15) is 4.79 Å². The second-order valence-electron chi connectivity index (χ2n) is 8.02. The van der Waals surface area contributed by atoms with Crippen LogP contribution in [0.2, 0.25) is 0 Å². The second kappa shape index (κ2) is 11.6. The normalized spacial score (nSPS) is 24.0. The molecule has 168 valence electrons. The molecule has 9 heteroatoms. The monoisotopic (exact) mass is 547 g/mol. The number of rotatable bonds is 5. The molecule has 4 rings (SSSR count). The van der Waals surface area contributed by atoms with Gasteiger partial charge in [-0.25, -0.2) is 0 Å². The number of nitrogens with zero attached hydrogens (tertiary/aromatic N) is 4. The van der Waals surface area contributed by atoms with Crippen molar-refractivity contribution in [1.29, 1.82) is 0 Å². The van der Waals surface area contributed by atoms with Gasteiger partial charge in [-0.05, 0) is 50.2 Å². The van der Waals surface area contributed by atoms with Crippen molar-refractivity contribution in [2.75, 3.05) is 59.5 Å². The largest absolute Gasteiger partial charge is 0.368 e. The highest BCUT2D eigenvalue weighted by Gasteiger charge is 2.31. The number of ether oxygens (including phenoxy) is 1. The lowest BCUT2D eigenvalue weighted by atomic mass is 10.2. The number of halogens is 1. The summed E-state index contributed by atoms with van der Waals surface area (Å²) in [5, 5.41) is 5.78. The molecule has 7 nitrogen and oxygen atoms in total. The van der Waals surface area contributed by atoms with E-state index in [1.807, 2.05) is 23.3 Å². The molecular weight excluding hydrogens is 513 g/mol. The fraction of sp³-hybridized carbons (Fsp3) is 0.714. The standard InChI is InChI=1S/C21H33N5O2S.HI/c1-22-21(23-16-17(19-7-5-15-29-19)24-8-2-3-9-24)26-12-10-25(11-13-26)20(27)18-6-4-14-28-18;/h5,7,15,17-18H,2-4,6,8-14,16H2,1H3,(H,22,23);1H. The summed E-state index contributed by atoms with van der Waals surface area (Å²) in [6.07, 6.45) is 4.22. The third-order valence-electron chi connectivity index (χ3n) is 6.21. The van der Waals surface area contributed by atoms with Gasteiger partial charge >= 0.3 is 0 Å². The quantitative estimate of drug-likeness (QED) is 0.349. The molecule has 1 N–H and O–H groups in total. The summed E-state index contributed by atoms with van der Waals surface area (Å²) in [4.78, 5) is 25.3. The number of amides is 1. The van der Waals surface area contributed by atoms with E-state index < -0.39 is 0 Å². The van der Waals surface area contributed by atoms with Gasteiger partial charge in [0, 0.05) is 51.3 Å². The Morgan fingerprint density at radius 3 is 2.53 bits per heavy atom. The van der Waals surface area contributed by atoms with E-state index in [0.29, 0.717) is 6.04 Å². The Morgan fingerprint density at radius 1 is 1.20 bits per heavy atom. The lowest BCUT2D eigenvalue weighted by Gasteiger charge is -2.38. The molecule has 2 atom stereocenters. The summed E-state index contributed by atoms with van der Waals surface area (Å²) in [6, 6.07) is 4.78. The SMILES string of the molecule is CN=C(NCC(c1cccs1)N1CCCC1)N1CCN(C(=O)C2CCCO2)CC1.I. The minimum atomic E-state index is -0.217. The molecule has 0 aliphatic carbocycles. The van der Waals surface area contributed by atoms with Gasteiger partial charge in [0.2, 0.25) is 0 Å². The van der Waals surface area contributed by atoms with Crippen LogP contribution in [0.4, 0.5) is 0 Å². The van der Waals surface area contributed by atoms with E-state index >= 15 is 0 Å². The average molecular weight is 548 g/mol. The van der Waals surface area contributed by atoms with Gasteiger partial charge in [-0.15, -0.1) is 35.3 Å². The number of likely N-dealkylation sites (tertiary alicyclic amines) is 1. The maximum Gasteiger partial charge on any atom is 0.251 e. The fourth-order valence-electron chi connectivity index (χ4n) is 4.58. The summed E-state index contributed by atoms with van der Waals surface area (Å²) < 4.78 is 5.57. The maximum atomic E-state index is 12.6. The maximum absolute atomic E-state index is 12.6. The molecule has 4 heterocycles. The van der Waals surface area contributed by atoms with Crippen LogP contribution in [-0.2, 0) is 9.53 Å². The summed E-state index contributed by atoms with van der Waals surface area (Å²) in [5.41, 5.74) is 0. The molecule has 3 saturated heterocycles. The summed E-state index contributed by atoms with van der Waals surface area (Å²) >= 11 is 1.84. The van der Waals surface area contributed by atoms with Crippen molar-refractivity contribution in [3.05, 3.63) is 22.4 Å². The molecule has 30 heavy (non-hydrogen) atoms. The van der Waals surface area contributed by atoms with Gasteiger partial charge in [0.25, 0.3) is 5.91 Å². The van der Waals surface area contributed by atoms with Crippen LogP contribution in [-0.4, -0.2) is 92.1 Å². The first-order valence-corrected chi connectivity index (χ1v) is 11.8. The summed E-state index contributed by atoms with van der Waals surface area (Å²) in [7, 11) is 1.85. The highest BCUT2D eigenvalue weighted by atomic mass is 127. The highest BCUT2D eigenvalue weighted by molar-refractivity contribution is 14.0. The van der Waals surface area contributed by atoms with Crippen LogP contribution < -0.4 is 5.32 Å². The number of hydrogen-bond donors (Lipinski definition) is 1. The van der Waals surface area contributed by atoms with Crippen molar-refractivity contribution in [3.8, 4) is 0 Å². The van der Waals surface area contributed by atoms with Crippen molar-refractivity contribution in [2.45, 2.75) is 37.8 Å². The van der Waals surface area contributed by atoms with Gasteiger partial charge in [0.1, 0.15) is 6.10 Å². The number of carbonyl (C=O) groups excluding carboxylic acids is 1. The molecule has 0 bridgehead atoms. The number of hydrogen-bond acceptors (Lipinski definition) is 5. The average Bonchev–Trinajstić information content (AvgIpc) is 3.54. The van der Waals surface area contributed by atoms with Crippen molar-refractivity contribution < 1.29 is 9.53 Å². The van der Waals surface area contributed by atoms with Crippen LogP contribution in [0.3, 0.4) is 0 Å². The lowest BCUT2D eigenvalue weighted by molar-refractivity contribution is -0.142. The molecule has 1 aromatic heterocycles. The van der Waals surface area contributed by atoms with Crippen LogP contribution in [0, 0.1) is 0 Å². The first-order chi connectivity index (χ1) is 14.3. The predicted molar refractivity (Wildman–Crippen MR) is 132 cm³/mol. The Balaban J connectivity index is 0.00000256. The zero-order chi connectivity index (χ0) is 20.1. The first kappa shape index (κ1) is 23.7. The highest BCUT2D eigenvalue weighted by Crippen LogP contribution is 2.28. The minimum absolute atomic E-state index is 0. The van der Waals surface area contributed by atoms with Crippen molar-refractivity contribution in [2.24, 2.45) is 4.99 Å². The molecule has 3 aliphatic rings. The number of nitrogens with one attached hydrogen (secondary N) is 1. The molecule has 3 fully saturated rings. The fourth-order valence-corrected chi connectivity index (χ4v) is 5.44. The Bertz CT molecular complexity index is 682. The first-order valence-electron chi connectivity index (χ1n) is 10.9. The topological polar surface area (TPSA) is 60.4 Å². The Morgan fingerprint density at radius 2 is 1.93 bits per heavy atom. The van der Waals surface area contributed by atoms with Gasteiger partial charge < -0.3 is 19.9 Å². The molecule has 0 aromatic carbocycles. The number of aliphatic imine (C=N–C) groups is 1. The zero-order valence-electron chi connectivity index (χ0n) is 17.8. The molecule has 0 saturated carbocycles. The molecule has 3 aliphatic heterocycles. The van der Waals surface area contributed by atoms with E-state index in [4.69, 9.17) is 4.74 Å². The van der Waals surface area contributed by atoms with E-state index in [2.05, 4.69) is 37.6 Å². The number of piperazine rings is 1. The number of guanidine groups is 1. The lowest BCUT2D eigenvalue weighted by Crippen LogP contribution is -2.55. The van der Waals surface area contributed by atoms with Gasteiger partial charge in [0.05, 0.1) is 6.04 Å². The van der Waals surface area contributed by atoms with Crippen LogP contribution in [0.1, 0.15) is 36.6 Å². The summed E-state index contributed by atoms with van der Waals surface area (Å²) in [6.45, 7) is 7.02. The van der Waals surface area contributed by atoms with Crippen LogP contribution >= 0.6 is 35.3 Å². The minimum Gasteiger partial charge on any atom is -0.368 e. The van der Waals surface area contributed by atoms with Gasteiger partial charge in [-0.2, -0.15) is 0 Å². The zero-order valence-corrected chi connectivity index (χ0v) is 20.9. The third-order valence-corrected chi connectivity index (χ3v) is 7.19. The number of thiophene rings is 1. The van der Waals surface area contributed by atoms with Crippen molar-refractivity contribution >= 4 is 47.2 Å². The smallest absolute Gasteiger partial charge is 0.251 e. The Kier molecular flexibility index (Phi) is 9.21. The van der Waals surface area contributed by atoms with Gasteiger partial charge in [-0.3, -0.25) is 14.7 Å². The second-order valence-corrected chi connectivity index (χ2v) is 9.00. The van der Waals surface area contributed by atoms with E-state index in [0.717, 1.165) is 58.1 Å². The number of carbonyl (C=O) groups is 1. The molecule has 1 aromatic rings. The van der Waals surface area contributed by atoms with E-state index in [1.54, 1.807) is 0 Å². The summed E-state index contributed by atoms with van der Waals surface area (Å²) in [5.74, 6) is 1.10.